The van der Waals surface area contributed by atoms with E-state index in [1.807, 2.05) is 0 Å². The number of non-ortho nitro benzene ring substituents is 1. The predicted octanol–water partition coefficient (Wildman–Crippen LogP) is 3.01. The first-order valence-electron chi connectivity index (χ1n) is 5.63. The van der Waals surface area contributed by atoms with Gasteiger partial charge in [-0.1, -0.05) is 29.4 Å². The second-order valence-corrected chi connectivity index (χ2v) is 5.00. The summed E-state index contributed by atoms with van der Waals surface area (Å²) in [6.45, 7) is 0. The number of aromatic nitrogens is 2. The van der Waals surface area contributed by atoms with E-state index in [1.54, 1.807) is 6.26 Å². The molecule has 1 N–H and O–H groups in total. The van der Waals surface area contributed by atoms with Crippen LogP contribution in [-0.4, -0.2) is 27.1 Å². The summed E-state index contributed by atoms with van der Waals surface area (Å²) in [6, 6.07) is 5.60. The highest BCUT2D eigenvalue weighted by atomic mass is 35.5. The molecule has 2 rings (SSSR count). The number of benzene rings is 1. The van der Waals surface area contributed by atoms with Crippen LogP contribution in [0.3, 0.4) is 0 Å². The first-order chi connectivity index (χ1) is 10.0. The quantitative estimate of drug-likeness (QED) is 0.402. The van der Waals surface area contributed by atoms with Crippen LogP contribution in [0.4, 0.5) is 11.4 Å². The second kappa shape index (κ2) is 6.51. The van der Waals surface area contributed by atoms with Crippen molar-refractivity contribution in [3.8, 4) is 0 Å². The fourth-order valence-corrected chi connectivity index (χ4v) is 2.01. The van der Waals surface area contributed by atoms with Crippen molar-refractivity contribution in [1.82, 2.24) is 9.97 Å². The summed E-state index contributed by atoms with van der Waals surface area (Å²) in [5.41, 5.74) is 0.184. The number of nitrogens with one attached hydrogen (secondary N) is 1. The van der Waals surface area contributed by atoms with E-state index in [2.05, 4.69) is 15.3 Å². The molecule has 0 saturated carbocycles. The summed E-state index contributed by atoms with van der Waals surface area (Å²) in [5, 5.41) is 13.7. The maximum atomic E-state index is 12.1. The lowest BCUT2D eigenvalue weighted by Gasteiger charge is -2.06. The number of nitro benzene ring substituents is 1. The first kappa shape index (κ1) is 15.2. The van der Waals surface area contributed by atoms with Crippen molar-refractivity contribution in [2.75, 3.05) is 11.6 Å². The average molecular weight is 325 g/mol. The molecule has 0 atom stereocenters. The molecule has 0 fully saturated rings. The maximum Gasteiger partial charge on any atom is 0.275 e. The number of hydrogen-bond acceptors (Lipinski definition) is 6. The van der Waals surface area contributed by atoms with E-state index in [0.717, 1.165) is 0 Å². The third-order valence-corrected chi connectivity index (χ3v) is 3.27. The van der Waals surface area contributed by atoms with Crippen LogP contribution < -0.4 is 5.32 Å². The number of amides is 1. The van der Waals surface area contributed by atoms with Gasteiger partial charge >= 0.3 is 0 Å². The minimum Gasteiger partial charge on any atom is -0.320 e. The molecule has 1 heterocycles. The van der Waals surface area contributed by atoms with Gasteiger partial charge in [0.25, 0.3) is 11.6 Å². The van der Waals surface area contributed by atoms with Gasteiger partial charge in [0.1, 0.15) is 0 Å². The summed E-state index contributed by atoms with van der Waals surface area (Å²) in [5.74, 6) is -0.557. The fraction of sp³-hybridized carbons (Fsp3) is 0.0833. The largest absolute Gasteiger partial charge is 0.320 e. The van der Waals surface area contributed by atoms with Gasteiger partial charge in [0.15, 0.2) is 10.9 Å². The molecule has 0 bridgehead atoms. The van der Waals surface area contributed by atoms with Crippen LogP contribution in [0, 0.1) is 10.1 Å². The van der Waals surface area contributed by atoms with Crippen molar-refractivity contribution in [3.63, 3.8) is 0 Å². The number of thioether (sulfide) groups is 1. The van der Waals surface area contributed by atoms with E-state index < -0.39 is 10.8 Å². The first-order valence-corrected chi connectivity index (χ1v) is 7.24. The summed E-state index contributed by atoms with van der Waals surface area (Å²) in [4.78, 5) is 30.2. The van der Waals surface area contributed by atoms with Crippen LogP contribution in [0.5, 0.6) is 0 Å². The Bertz CT molecular complexity index is 711. The Morgan fingerprint density at radius 3 is 2.90 bits per heavy atom. The third-order valence-electron chi connectivity index (χ3n) is 2.43. The highest BCUT2D eigenvalue weighted by Gasteiger charge is 2.15. The molecule has 0 saturated heterocycles. The van der Waals surface area contributed by atoms with Crippen molar-refractivity contribution < 1.29 is 9.72 Å². The molecule has 21 heavy (non-hydrogen) atoms. The zero-order valence-electron chi connectivity index (χ0n) is 10.7. The van der Waals surface area contributed by atoms with Gasteiger partial charge in [0.05, 0.1) is 16.1 Å². The number of rotatable bonds is 4. The summed E-state index contributed by atoms with van der Waals surface area (Å²) in [6.07, 6.45) is 3.11. The maximum absolute atomic E-state index is 12.1. The molecule has 0 aliphatic rings. The molecular weight excluding hydrogens is 316 g/mol. The summed E-state index contributed by atoms with van der Waals surface area (Å²) in [7, 11) is 0. The van der Waals surface area contributed by atoms with Crippen molar-refractivity contribution >= 4 is 40.6 Å². The number of anilines is 1. The van der Waals surface area contributed by atoms with Crippen molar-refractivity contribution in [2.24, 2.45) is 0 Å². The number of hydrogen-bond donors (Lipinski definition) is 1. The van der Waals surface area contributed by atoms with E-state index in [0.29, 0.717) is 5.16 Å². The van der Waals surface area contributed by atoms with E-state index >= 15 is 0 Å². The molecule has 108 valence electrons. The number of nitro groups is 1. The van der Waals surface area contributed by atoms with Gasteiger partial charge in [-0.2, -0.15) is 0 Å². The van der Waals surface area contributed by atoms with Gasteiger partial charge in [-0.05, 0) is 12.3 Å². The molecule has 0 aliphatic carbocycles. The average Bonchev–Trinajstić information content (AvgIpc) is 2.48. The van der Waals surface area contributed by atoms with Crippen molar-refractivity contribution in [3.05, 3.63) is 51.3 Å². The lowest BCUT2D eigenvalue weighted by Crippen LogP contribution is -2.15. The highest BCUT2D eigenvalue weighted by Crippen LogP contribution is 2.20. The molecule has 2 aromatic rings. The molecule has 1 aromatic heterocycles. The molecule has 0 radical (unpaired) electrons. The van der Waals surface area contributed by atoms with Gasteiger partial charge in [0.2, 0.25) is 0 Å². The highest BCUT2D eigenvalue weighted by molar-refractivity contribution is 7.98. The van der Waals surface area contributed by atoms with Gasteiger partial charge < -0.3 is 5.32 Å². The van der Waals surface area contributed by atoms with Crippen LogP contribution in [0.25, 0.3) is 0 Å². The van der Waals surface area contributed by atoms with Crippen LogP contribution >= 0.6 is 23.4 Å². The molecule has 0 spiro atoms. The van der Waals surface area contributed by atoms with E-state index in [1.165, 1.54) is 42.2 Å². The van der Waals surface area contributed by atoms with Crippen LogP contribution in [-0.2, 0) is 0 Å². The Morgan fingerprint density at radius 2 is 2.24 bits per heavy atom. The Morgan fingerprint density at radius 1 is 1.48 bits per heavy atom. The third kappa shape index (κ3) is 3.67. The molecular formula is C12H9ClN4O3S. The number of carbonyl (C=O) groups is 1. The smallest absolute Gasteiger partial charge is 0.275 e. The molecule has 0 aliphatic heterocycles. The Hall–Kier alpha value is -2.19. The lowest BCUT2D eigenvalue weighted by molar-refractivity contribution is -0.384. The minimum absolute atomic E-state index is 0.0162. The SMILES string of the molecule is CSc1ncc(Cl)c(C(=O)Nc2cccc([N+](=O)[O-])c2)n1. The molecule has 0 unspecified atom stereocenters. The van der Waals surface area contributed by atoms with E-state index in [-0.39, 0.29) is 22.1 Å². The van der Waals surface area contributed by atoms with Crippen LogP contribution in [0.1, 0.15) is 10.5 Å². The van der Waals surface area contributed by atoms with E-state index in [4.69, 9.17) is 11.6 Å². The zero-order chi connectivity index (χ0) is 15.4. The van der Waals surface area contributed by atoms with Crippen molar-refractivity contribution in [2.45, 2.75) is 5.16 Å². The Labute approximate surface area is 128 Å². The van der Waals surface area contributed by atoms with Crippen LogP contribution in [0.2, 0.25) is 5.02 Å². The molecule has 9 heteroatoms. The topological polar surface area (TPSA) is 98.0 Å². The molecule has 1 aromatic carbocycles. The second-order valence-electron chi connectivity index (χ2n) is 3.81. The molecule has 1 amide bonds. The van der Waals surface area contributed by atoms with Gasteiger partial charge in [-0.15, -0.1) is 0 Å². The predicted molar refractivity (Wildman–Crippen MR) is 79.9 cm³/mol. The standard InChI is InChI=1S/C12H9ClN4O3S/c1-21-12-14-6-9(13)10(16-12)11(18)15-7-3-2-4-8(5-7)17(19)20/h2-6H,1H3,(H,15,18). The monoisotopic (exact) mass is 324 g/mol. The molecule has 7 nitrogen and oxygen atoms in total. The summed E-state index contributed by atoms with van der Waals surface area (Å²) >= 11 is 7.16. The van der Waals surface area contributed by atoms with Gasteiger partial charge in [-0.3, -0.25) is 14.9 Å². The van der Waals surface area contributed by atoms with Crippen LogP contribution in [0.15, 0.2) is 35.6 Å². The van der Waals surface area contributed by atoms with Gasteiger partial charge in [0, 0.05) is 17.8 Å². The van der Waals surface area contributed by atoms with Gasteiger partial charge in [-0.25, -0.2) is 9.97 Å². The number of nitrogens with zero attached hydrogens (tertiary/aromatic N) is 3. The minimum atomic E-state index is -0.557. The summed E-state index contributed by atoms with van der Waals surface area (Å²) < 4.78 is 0. The number of carbonyl (C=O) groups excluding carboxylic acids is 1. The lowest BCUT2D eigenvalue weighted by atomic mass is 10.2. The zero-order valence-corrected chi connectivity index (χ0v) is 12.3. The number of halogens is 1. The van der Waals surface area contributed by atoms with Crippen molar-refractivity contribution in [1.29, 1.82) is 0 Å². The Balaban J connectivity index is 2.25. The normalized spacial score (nSPS) is 10.2. The fourth-order valence-electron chi connectivity index (χ4n) is 1.50. The Kier molecular flexibility index (Phi) is 4.71. The van der Waals surface area contributed by atoms with E-state index in [9.17, 15) is 14.9 Å².